The summed E-state index contributed by atoms with van der Waals surface area (Å²) in [7, 11) is 0. The van der Waals surface area contributed by atoms with Crippen LogP contribution in [0.3, 0.4) is 0 Å². The Hall–Kier alpha value is -2.64. The Morgan fingerprint density at radius 1 is 1.24 bits per heavy atom. The van der Waals surface area contributed by atoms with E-state index in [4.69, 9.17) is 4.52 Å². The molecule has 21 heavy (non-hydrogen) atoms. The molecule has 0 bridgehead atoms. The summed E-state index contributed by atoms with van der Waals surface area (Å²) in [5, 5.41) is 3.67. The van der Waals surface area contributed by atoms with Crippen LogP contribution in [0.15, 0.2) is 16.7 Å². The molecule has 1 aromatic heterocycles. The molecule has 0 unspecified atom stereocenters. The normalized spacial score (nSPS) is 14.0. The molecule has 0 saturated heterocycles. The van der Waals surface area contributed by atoms with Gasteiger partial charge in [0.15, 0.2) is 17.5 Å². The summed E-state index contributed by atoms with van der Waals surface area (Å²) in [5.74, 6) is -3.52. The van der Waals surface area contributed by atoms with Crippen molar-refractivity contribution < 1.29 is 22.9 Å². The van der Waals surface area contributed by atoms with Crippen molar-refractivity contribution in [1.29, 1.82) is 0 Å². The first-order valence-electron chi connectivity index (χ1n) is 6.18. The van der Waals surface area contributed by atoms with E-state index < -0.39 is 23.3 Å². The minimum atomic E-state index is -1.18. The van der Waals surface area contributed by atoms with E-state index in [2.05, 4.69) is 10.1 Å². The fraction of sp³-hybridized carbons (Fsp3) is 0.231. The van der Waals surface area contributed by atoms with E-state index in [0.717, 1.165) is 17.0 Å². The van der Waals surface area contributed by atoms with Crippen LogP contribution < -0.4 is 4.90 Å². The van der Waals surface area contributed by atoms with Crippen molar-refractivity contribution in [3.63, 3.8) is 0 Å². The number of hydrogen-bond acceptors (Lipinski definition) is 5. The lowest BCUT2D eigenvalue weighted by atomic mass is 10.1. The maximum absolute atomic E-state index is 13.3. The minimum Gasteiger partial charge on any atom is -0.337 e. The quantitative estimate of drug-likeness (QED) is 0.804. The van der Waals surface area contributed by atoms with Crippen molar-refractivity contribution in [1.82, 2.24) is 10.1 Å². The monoisotopic (exact) mass is 293 g/mol. The van der Waals surface area contributed by atoms with E-state index in [0.29, 0.717) is 12.2 Å². The molecule has 6 nitrogen and oxygen atoms in total. The van der Waals surface area contributed by atoms with Gasteiger partial charge in [0.1, 0.15) is 6.54 Å². The summed E-state index contributed by atoms with van der Waals surface area (Å²) in [5.41, 5.74) is -0.172. The number of nitrogens with zero attached hydrogens (tertiary/aromatic N) is 3. The summed E-state index contributed by atoms with van der Waals surface area (Å²) in [6.07, 6.45) is 0.548. The van der Waals surface area contributed by atoms with E-state index in [1.807, 2.05) is 6.92 Å². The average Bonchev–Trinajstić information content (AvgIpc) is 3.01. The van der Waals surface area contributed by atoms with E-state index in [9.17, 15) is 18.4 Å². The molecule has 0 saturated carbocycles. The highest BCUT2D eigenvalue weighted by Crippen LogP contribution is 2.32. The van der Waals surface area contributed by atoms with E-state index in [1.165, 1.54) is 0 Å². The molecule has 1 aromatic carbocycles. The van der Waals surface area contributed by atoms with Crippen LogP contribution in [-0.2, 0) is 17.8 Å². The summed E-state index contributed by atoms with van der Waals surface area (Å²) >= 11 is 0. The molecule has 2 aromatic rings. The van der Waals surface area contributed by atoms with Crippen molar-refractivity contribution in [2.75, 3.05) is 4.90 Å². The zero-order valence-corrected chi connectivity index (χ0v) is 10.9. The van der Waals surface area contributed by atoms with Gasteiger partial charge in [0.05, 0.1) is 11.3 Å². The molecule has 0 N–H and O–H groups in total. The zero-order valence-electron chi connectivity index (χ0n) is 10.9. The molecule has 108 valence electrons. The Kier molecular flexibility index (Phi) is 3.00. The van der Waals surface area contributed by atoms with Gasteiger partial charge in [-0.15, -0.1) is 0 Å². The van der Waals surface area contributed by atoms with Crippen LogP contribution in [0.25, 0.3) is 0 Å². The predicted octanol–water partition coefficient (Wildman–Crippen LogP) is 1.64. The van der Waals surface area contributed by atoms with Gasteiger partial charge in [0.2, 0.25) is 5.89 Å². The Morgan fingerprint density at radius 2 is 1.95 bits per heavy atom. The van der Waals surface area contributed by atoms with Gasteiger partial charge in [0, 0.05) is 12.5 Å². The van der Waals surface area contributed by atoms with Gasteiger partial charge < -0.3 is 4.52 Å². The first-order valence-corrected chi connectivity index (χ1v) is 6.18. The van der Waals surface area contributed by atoms with Crippen LogP contribution in [0.2, 0.25) is 0 Å². The molecule has 1 aliphatic rings. The Bertz CT molecular complexity index is 757. The summed E-state index contributed by atoms with van der Waals surface area (Å²) < 4.78 is 31.4. The standard InChI is InChI=1S/C13H9F2N3O3/c1-2-10-16-11(21-17-10)5-18-9-4-8(15)7(14)3-6(9)12(19)13(18)20/h3-4H,2,5H2,1H3. The first kappa shape index (κ1) is 13.3. The maximum atomic E-state index is 13.3. The molecule has 0 aliphatic carbocycles. The fourth-order valence-corrected chi connectivity index (χ4v) is 2.08. The number of carbonyl (C=O) groups excluding carboxylic acids is 2. The van der Waals surface area contributed by atoms with E-state index in [1.54, 1.807) is 0 Å². The van der Waals surface area contributed by atoms with Crippen LogP contribution >= 0.6 is 0 Å². The molecule has 2 heterocycles. The number of aromatic nitrogens is 2. The molecule has 0 fully saturated rings. The van der Waals surface area contributed by atoms with Crippen molar-refractivity contribution >= 4 is 17.4 Å². The van der Waals surface area contributed by atoms with Gasteiger partial charge in [-0.3, -0.25) is 14.5 Å². The lowest BCUT2D eigenvalue weighted by molar-refractivity contribution is -0.114. The Balaban J connectivity index is 1.99. The Labute approximate surface area is 117 Å². The Morgan fingerprint density at radius 3 is 2.62 bits per heavy atom. The third-order valence-corrected chi connectivity index (χ3v) is 3.13. The van der Waals surface area contributed by atoms with Crippen LogP contribution in [0.5, 0.6) is 0 Å². The molecule has 0 radical (unpaired) electrons. The number of rotatable bonds is 3. The molecular formula is C13H9F2N3O3. The number of Topliss-reactive ketones (excluding diaryl/α,β-unsaturated/α-hetero) is 1. The van der Waals surface area contributed by atoms with Gasteiger partial charge in [0.25, 0.3) is 11.7 Å². The second-order valence-corrected chi connectivity index (χ2v) is 4.46. The van der Waals surface area contributed by atoms with Crippen LogP contribution in [0, 0.1) is 11.6 Å². The second-order valence-electron chi connectivity index (χ2n) is 4.46. The SMILES string of the molecule is CCc1noc(CN2C(=O)C(=O)c3cc(F)c(F)cc32)n1. The van der Waals surface area contributed by atoms with Crippen molar-refractivity contribution in [3.05, 3.63) is 41.0 Å². The van der Waals surface area contributed by atoms with Gasteiger partial charge in [-0.2, -0.15) is 4.98 Å². The molecule has 0 spiro atoms. The number of ketones is 1. The number of fused-ring (bicyclic) bond motifs is 1. The van der Waals surface area contributed by atoms with Gasteiger partial charge in [-0.1, -0.05) is 12.1 Å². The number of amides is 1. The van der Waals surface area contributed by atoms with Gasteiger partial charge in [-0.05, 0) is 6.07 Å². The molecule has 1 aliphatic heterocycles. The summed E-state index contributed by atoms with van der Waals surface area (Å²) in [4.78, 5) is 28.7. The van der Waals surface area contributed by atoms with Gasteiger partial charge in [-0.25, -0.2) is 8.78 Å². The van der Waals surface area contributed by atoms with Crippen LogP contribution in [0.4, 0.5) is 14.5 Å². The molecule has 3 rings (SSSR count). The third-order valence-electron chi connectivity index (χ3n) is 3.13. The summed E-state index contributed by atoms with van der Waals surface area (Å²) in [6.45, 7) is 1.66. The lowest BCUT2D eigenvalue weighted by Crippen LogP contribution is -2.29. The number of carbonyl (C=O) groups is 2. The lowest BCUT2D eigenvalue weighted by Gasteiger charge is -2.13. The van der Waals surface area contributed by atoms with Crippen molar-refractivity contribution in [2.24, 2.45) is 0 Å². The van der Waals surface area contributed by atoms with Crippen LogP contribution in [0.1, 0.15) is 29.0 Å². The number of anilines is 1. The zero-order chi connectivity index (χ0) is 15.1. The maximum Gasteiger partial charge on any atom is 0.299 e. The molecule has 8 heteroatoms. The van der Waals surface area contributed by atoms with Crippen molar-refractivity contribution in [3.8, 4) is 0 Å². The minimum absolute atomic E-state index is 0.000137. The highest BCUT2D eigenvalue weighted by Gasteiger charge is 2.38. The predicted molar refractivity (Wildman–Crippen MR) is 65.6 cm³/mol. The third kappa shape index (κ3) is 2.08. The second kappa shape index (κ2) is 4.72. The van der Waals surface area contributed by atoms with Gasteiger partial charge >= 0.3 is 0 Å². The number of halogens is 2. The van der Waals surface area contributed by atoms with Crippen LogP contribution in [-0.4, -0.2) is 21.8 Å². The highest BCUT2D eigenvalue weighted by molar-refractivity contribution is 6.52. The smallest absolute Gasteiger partial charge is 0.299 e. The number of aryl methyl sites for hydroxylation is 1. The number of benzene rings is 1. The van der Waals surface area contributed by atoms with Crippen molar-refractivity contribution in [2.45, 2.75) is 19.9 Å². The van der Waals surface area contributed by atoms with E-state index >= 15 is 0 Å². The molecule has 1 amide bonds. The molecule has 0 atom stereocenters. The average molecular weight is 293 g/mol. The topological polar surface area (TPSA) is 76.3 Å². The van der Waals surface area contributed by atoms with E-state index in [-0.39, 0.29) is 23.7 Å². The number of hydrogen-bond donors (Lipinski definition) is 0. The highest BCUT2D eigenvalue weighted by atomic mass is 19.2. The summed E-state index contributed by atoms with van der Waals surface area (Å²) in [6, 6.07) is 1.53. The molecular weight excluding hydrogens is 284 g/mol. The largest absolute Gasteiger partial charge is 0.337 e. The first-order chi connectivity index (χ1) is 10.0. The fourth-order valence-electron chi connectivity index (χ4n) is 2.08.